The highest BCUT2D eigenvalue weighted by molar-refractivity contribution is 7.99. The Morgan fingerprint density at radius 1 is 1.00 bits per heavy atom. The monoisotopic (exact) mass is 487 g/mol. The second kappa shape index (κ2) is 9.99. The van der Waals surface area contributed by atoms with Gasteiger partial charge < -0.3 is 34.8 Å². The van der Waals surface area contributed by atoms with Crippen LogP contribution >= 0.6 is 11.8 Å². The lowest BCUT2D eigenvalue weighted by atomic mass is 9.98. The second-order valence-corrected chi connectivity index (χ2v) is 10.8. The molecule has 5 atom stereocenters. The minimum absolute atomic E-state index is 0.471. The molecule has 0 amide bonds. The van der Waals surface area contributed by atoms with Crippen LogP contribution in [0.4, 0.5) is 0 Å². The summed E-state index contributed by atoms with van der Waals surface area (Å²) >= 11 is 1.58. The predicted molar refractivity (Wildman–Crippen MR) is 131 cm³/mol. The molecule has 1 aliphatic heterocycles. The first-order valence-corrected chi connectivity index (χ1v) is 12.3. The summed E-state index contributed by atoms with van der Waals surface area (Å²) in [5.41, 5.74) is 2.32. The van der Waals surface area contributed by atoms with E-state index in [-0.39, 0.29) is 0 Å². The number of hydrogen-bond acceptors (Lipinski definition) is 7. The summed E-state index contributed by atoms with van der Waals surface area (Å²) in [5, 5.41) is 51.7. The summed E-state index contributed by atoms with van der Waals surface area (Å²) in [7, 11) is 0. The number of nitrogens with zero attached hydrogens (tertiary/aromatic N) is 1. The van der Waals surface area contributed by atoms with Gasteiger partial charge in [-0.3, -0.25) is 0 Å². The first-order valence-electron chi connectivity index (χ1n) is 11.5. The molecule has 8 heteroatoms. The highest BCUT2D eigenvalue weighted by atomic mass is 32.2. The van der Waals surface area contributed by atoms with Crippen molar-refractivity contribution < 1.29 is 30.3 Å². The smallest absolute Gasteiger partial charge is 0.163 e. The Morgan fingerprint density at radius 3 is 2.35 bits per heavy atom. The fourth-order valence-corrected chi connectivity index (χ4v) is 5.21. The lowest BCUT2D eigenvalue weighted by molar-refractivity contribution is -0.250. The van der Waals surface area contributed by atoms with E-state index in [9.17, 15) is 25.5 Å². The van der Waals surface area contributed by atoms with Gasteiger partial charge >= 0.3 is 0 Å². The molecule has 0 spiro atoms. The molecule has 0 radical (unpaired) electrons. The normalized spacial score (nSPS) is 25.7. The largest absolute Gasteiger partial charge is 0.394 e. The highest BCUT2D eigenvalue weighted by Gasteiger charge is 2.44. The summed E-state index contributed by atoms with van der Waals surface area (Å²) in [6, 6.07) is 14.3. The topological polar surface area (TPSA) is 115 Å². The van der Waals surface area contributed by atoms with Crippen LogP contribution in [0.1, 0.15) is 37.6 Å². The van der Waals surface area contributed by atoms with Crippen LogP contribution in [0.3, 0.4) is 0 Å². The van der Waals surface area contributed by atoms with E-state index in [2.05, 4.69) is 24.3 Å². The molecule has 1 saturated heterocycles. The van der Waals surface area contributed by atoms with E-state index < -0.39 is 42.9 Å². The Bertz CT molecular complexity index is 1120. The number of benzene rings is 2. The maximum absolute atomic E-state index is 10.7. The van der Waals surface area contributed by atoms with Gasteiger partial charge in [-0.05, 0) is 62.9 Å². The number of aryl methyl sites for hydroxylation is 2. The zero-order valence-corrected chi connectivity index (χ0v) is 20.4. The van der Waals surface area contributed by atoms with Gasteiger partial charge in [-0.15, -0.1) is 0 Å². The molecule has 2 aromatic carbocycles. The standard InChI is InChI=1S/C26H33NO6S/c1-15-4-9-18-19(12-15)27(25-24(31)23(30)22(29)20(14-28)33-25)13-21(18)34-17-7-5-16(6-8-17)10-11-26(2,3)32/h4-9,12-13,20,22-25,28-32H,10-11,14H2,1-3H3/t20-,22-,23+,24-,25-/m1/s1. The molecule has 7 nitrogen and oxygen atoms in total. The average molecular weight is 488 g/mol. The molecule has 2 heterocycles. The van der Waals surface area contributed by atoms with Gasteiger partial charge in [0.15, 0.2) is 6.23 Å². The molecule has 5 N–H and O–H groups in total. The first kappa shape index (κ1) is 25.2. The van der Waals surface area contributed by atoms with Crippen molar-refractivity contribution in [2.24, 2.45) is 0 Å². The molecule has 0 aliphatic carbocycles. The van der Waals surface area contributed by atoms with Crippen LogP contribution < -0.4 is 0 Å². The number of hydrogen-bond donors (Lipinski definition) is 5. The lowest BCUT2D eigenvalue weighted by Gasteiger charge is -2.40. The quantitative estimate of drug-likeness (QED) is 0.348. The molecule has 34 heavy (non-hydrogen) atoms. The van der Waals surface area contributed by atoms with Gasteiger partial charge in [0.1, 0.15) is 24.4 Å². The number of aliphatic hydroxyl groups is 5. The van der Waals surface area contributed by atoms with Gasteiger partial charge in [-0.1, -0.05) is 36.0 Å². The van der Waals surface area contributed by atoms with E-state index in [1.165, 1.54) is 0 Å². The average Bonchev–Trinajstić information content (AvgIpc) is 3.14. The van der Waals surface area contributed by atoms with E-state index >= 15 is 0 Å². The van der Waals surface area contributed by atoms with Crippen molar-refractivity contribution in [3.05, 3.63) is 59.8 Å². The molecule has 1 aromatic heterocycles. The fraction of sp³-hybridized carbons (Fsp3) is 0.462. The zero-order valence-electron chi connectivity index (χ0n) is 19.6. The molecule has 1 aliphatic rings. The van der Waals surface area contributed by atoms with Crippen LogP contribution in [0, 0.1) is 6.92 Å². The SMILES string of the molecule is Cc1ccc2c(Sc3ccc(CCC(C)(C)O)cc3)cn([C@@H]3O[C@H](CO)[C@@H](O)[C@H](O)[C@H]3O)c2c1. The van der Waals surface area contributed by atoms with Gasteiger partial charge in [-0.25, -0.2) is 0 Å². The van der Waals surface area contributed by atoms with Crippen LogP contribution in [0.5, 0.6) is 0 Å². The third kappa shape index (κ3) is 5.33. The van der Waals surface area contributed by atoms with E-state index in [0.29, 0.717) is 6.42 Å². The third-order valence-electron chi connectivity index (χ3n) is 6.27. The molecule has 0 unspecified atom stereocenters. The maximum atomic E-state index is 10.7. The van der Waals surface area contributed by atoms with Gasteiger partial charge in [0, 0.05) is 21.4 Å². The molecular formula is C26H33NO6S. The van der Waals surface area contributed by atoms with Crippen LogP contribution in [0.2, 0.25) is 0 Å². The Balaban J connectivity index is 1.64. The van der Waals surface area contributed by atoms with Crippen LogP contribution in [-0.2, 0) is 11.2 Å². The van der Waals surface area contributed by atoms with E-state index in [1.807, 2.05) is 45.2 Å². The van der Waals surface area contributed by atoms with Crippen molar-refractivity contribution >= 4 is 22.7 Å². The summed E-state index contributed by atoms with van der Waals surface area (Å²) in [6.45, 7) is 5.12. The fourth-order valence-electron chi connectivity index (χ4n) is 4.23. The number of aliphatic hydroxyl groups excluding tert-OH is 4. The summed E-state index contributed by atoms with van der Waals surface area (Å²) < 4.78 is 7.59. The lowest BCUT2D eigenvalue weighted by Crippen LogP contribution is -2.56. The first-order chi connectivity index (χ1) is 16.1. The predicted octanol–water partition coefficient (Wildman–Crippen LogP) is 2.78. The summed E-state index contributed by atoms with van der Waals surface area (Å²) in [6.07, 6.45) is -2.77. The molecular weight excluding hydrogens is 454 g/mol. The van der Waals surface area contributed by atoms with Gasteiger partial charge in [0.05, 0.1) is 17.7 Å². The minimum Gasteiger partial charge on any atom is -0.394 e. The van der Waals surface area contributed by atoms with Crippen LogP contribution in [0.25, 0.3) is 10.9 Å². The van der Waals surface area contributed by atoms with Crippen molar-refractivity contribution in [1.29, 1.82) is 0 Å². The Kier molecular flexibility index (Phi) is 7.40. The van der Waals surface area contributed by atoms with Crippen molar-refractivity contribution in [2.75, 3.05) is 6.61 Å². The minimum atomic E-state index is -1.44. The van der Waals surface area contributed by atoms with E-state index in [1.54, 1.807) is 16.3 Å². The van der Waals surface area contributed by atoms with Crippen molar-refractivity contribution in [2.45, 2.75) is 79.6 Å². The number of fused-ring (bicyclic) bond motifs is 1. The summed E-state index contributed by atoms with van der Waals surface area (Å²) in [4.78, 5) is 2.00. The van der Waals surface area contributed by atoms with Gasteiger partial charge in [0.25, 0.3) is 0 Å². The maximum Gasteiger partial charge on any atom is 0.163 e. The molecule has 1 fully saturated rings. The van der Waals surface area contributed by atoms with Crippen molar-refractivity contribution in [3.8, 4) is 0 Å². The van der Waals surface area contributed by atoms with Crippen LogP contribution in [-0.4, -0.2) is 66.7 Å². The highest BCUT2D eigenvalue weighted by Crippen LogP contribution is 2.39. The Labute approximate surface area is 203 Å². The number of ether oxygens (including phenoxy) is 1. The van der Waals surface area contributed by atoms with Crippen LogP contribution in [0.15, 0.2) is 58.5 Å². The van der Waals surface area contributed by atoms with E-state index in [0.717, 1.165) is 38.2 Å². The molecule has 0 bridgehead atoms. The zero-order chi connectivity index (χ0) is 24.6. The number of aromatic nitrogens is 1. The molecule has 4 rings (SSSR count). The Hall–Kier alpha value is -1.91. The Morgan fingerprint density at radius 2 is 1.71 bits per heavy atom. The van der Waals surface area contributed by atoms with E-state index in [4.69, 9.17) is 4.74 Å². The van der Waals surface area contributed by atoms with Gasteiger partial charge in [0.2, 0.25) is 0 Å². The molecule has 184 valence electrons. The molecule has 0 saturated carbocycles. The molecule has 3 aromatic rings. The van der Waals surface area contributed by atoms with Crippen molar-refractivity contribution in [3.63, 3.8) is 0 Å². The summed E-state index contributed by atoms with van der Waals surface area (Å²) in [5.74, 6) is 0. The third-order valence-corrected chi connectivity index (χ3v) is 7.32. The second-order valence-electron chi connectivity index (χ2n) is 9.70. The number of rotatable bonds is 7. The van der Waals surface area contributed by atoms with Gasteiger partial charge in [-0.2, -0.15) is 0 Å². The van der Waals surface area contributed by atoms with Crippen molar-refractivity contribution in [1.82, 2.24) is 4.57 Å².